The van der Waals surface area contributed by atoms with Gasteiger partial charge in [0, 0.05) is 15.5 Å². The maximum absolute atomic E-state index is 12.7. The highest BCUT2D eigenvalue weighted by Crippen LogP contribution is 2.32. The van der Waals surface area contributed by atoms with Gasteiger partial charge in [-0.15, -0.1) is 0 Å². The van der Waals surface area contributed by atoms with Crippen molar-refractivity contribution in [3.63, 3.8) is 0 Å². The maximum atomic E-state index is 12.7. The van der Waals surface area contributed by atoms with Gasteiger partial charge in [0.2, 0.25) is 11.8 Å². The van der Waals surface area contributed by atoms with Crippen molar-refractivity contribution in [3.05, 3.63) is 56.5 Å². The molecule has 14 heteroatoms. The van der Waals surface area contributed by atoms with Gasteiger partial charge in [0.15, 0.2) is 0 Å². The fourth-order valence-electron chi connectivity index (χ4n) is 4.53. The molecule has 2 heterocycles. The molecule has 4 amide bonds. The summed E-state index contributed by atoms with van der Waals surface area (Å²) < 4.78 is 6.04. The molecular formula is C27H24Br2N4O8. The predicted octanol–water partition coefficient (Wildman–Crippen LogP) is 1.91. The van der Waals surface area contributed by atoms with Crippen LogP contribution in [0.1, 0.15) is 40.0 Å². The number of benzene rings is 2. The van der Waals surface area contributed by atoms with Crippen molar-refractivity contribution in [2.45, 2.75) is 25.3 Å². The van der Waals surface area contributed by atoms with Gasteiger partial charge in [0.1, 0.15) is 19.1 Å². The summed E-state index contributed by atoms with van der Waals surface area (Å²) in [5.74, 6) is -4.81. The molecule has 0 bridgehead atoms. The number of nitrogens with zero attached hydrogens (tertiary/aromatic N) is 2. The fraction of sp³-hybridized carbons (Fsp3) is 0.296. The molecule has 2 aliphatic rings. The van der Waals surface area contributed by atoms with Gasteiger partial charge >= 0.3 is 5.97 Å². The number of esters is 1. The van der Waals surface area contributed by atoms with Crippen molar-refractivity contribution < 1.29 is 38.3 Å². The van der Waals surface area contributed by atoms with Crippen LogP contribution in [0.25, 0.3) is 0 Å². The number of methoxy groups -OCH3 is 1. The Morgan fingerprint density at radius 1 is 0.805 bits per heavy atom. The summed E-state index contributed by atoms with van der Waals surface area (Å²) in [7, 11) is 1.18. The maximum Gasteiger partial charge on any atom is 0.328 e. The van der Waals surface area contributed by atoms with Gasteiger partial charge in [0.25, 0.3) is 23.4 Å². The van der Waals surface area contributed by atoms with Crippen LogP contribution >= 0.6 is 31.9 Å². The topological polar surface area (TPSA) is 159 Å². The van der Waals surface area contributed by atoms with E-state index in [2.05, 4.69) is 42.5 Å². The number of carbonyl (C=O) groups is 7. The molecule has 0 saturated heterocycles. The Kier molecular flexibility index (Phi) is 9.33. The molecule has 214 valence electrons. The number of hydrogen-bond acceptors (Lipinski definition) is 8. The highest BCUT2D eigenvalue weighted by molar-refractivity contribution is 9.10. The van der Waals surface area contributed by atoms with Gasteiger partial charge < -0.3 is 15.4 Å². The zero-order valence-corrected chi connectivity index (χ0v) is 24.9. The molecule has 0 unspecified atom stereocenters. The Balaban J connectivity index is 1.24. The molecule has 2 aliphatic heterocycles. The molecule has 0 radical (unpaired) electrons. The molecular weight excluding hydrogens is 668 g/mol. The summed E-state index contributed by atoms with van der Waals surface area (Å²) in [5.41, 5.74) is 1.08. The van der Waals surface area contributed by atoms with Crippen LogP contribution in [0.2, 0.25) is 0 Å². The summed E-state index contributed by atoms with van der Waals surface area (Å²) in [6, 6.07) is 8.49. The van der Waals surface area contributed by atoms with Crippen molar-refractivity contribution in [2.75, 3.05) is 36.5 Å². The monoisotopic (exact) mass is 690 g/mol. The average Bonchev–Trinajstić information content (AvgIpc) is 3.31. The zero-order chi connectivity index (χ0) is 29.8. The lowest BCUT2D eigenvalue weighted by atomic mass is 10.1. The number of anilines is 2. The van der Waals surface area contributed by atoms with Crippen LogP contribution in [0.5, 0.6) is 0 Å². The largest absolute Gasteiger partial charge is 0.467 e. The number of halogens is 2. The quantitative estimate of drug-likeness (QED) is 0.206. The first-order valence-electron chi connectivity index (χ1n) is 12.5. The van der Waals surface area contributed by atoms with E-state index in [0.717, 1.165) is 9.80 Å². The van der Waals surface area contributed by atoms with E-state index >= 15 is 0 Å². The van der Waals surface area contributed by atoms with Crippen molar-refractivity contribution >= 4 is 84.4 Å². The van der Waals surface area contributed by atoms with Gasteiger partial charge in [-0.25, -0.2) is 4.79 Å². The van der Waals surface area contributed by atoms with Crippen molar-refractivity contribution in [2.24, 2.45) is 0 Å². The van der Waals surface area contributed by atoms with Crippen molar-refractivity contribution in [3.8, 4) is 0 Å². The first kappa shape index (κ1) is 30.1. The van der Waals surface area contributed by atoms with Crippen LogP contribution in [-0.2, 0) is 28.7 Å². The minimum atomic E-state index is -1.01. The van der Waals surface area contributed by atoms with Gasteiger partial charge in [-0.05, 0) is 55.7 Å². The lowest BCUT2D eigenvalue weighted by molar-refractivity contribution is -0.145. The zero-order valence-electron chi connectivity index (χ0n) is 21.7. The van der Waals surface area contributed by atoms with Crippen molar-refractivity contribution in [1.29, 1.82) is 0 Å². The van der Waals surface area contributed by atoms with Crippen LogP contribution in [-0.4, -0.2) is 74.0 Å². The first-order valence-corrected chi connectivity index (χ1v) is 14.1. The molecule has 0 spiro atoms. The summed E-state index contributed by atoms with van der Waals surface area (Å²) in [5, 5.41) is 5.23. The Morgan fingerprint density at radius 3 is 1.83 bits per heavy atom. The van der Waals surface area contributed by atoms with E-state index in [9.17, 15) is 33.6 Å². The van der Waals surface area contributed by atoms with Crippen molar-refractivity contribution in [1.82, 2.24) is 10.6 Å². The summed E-state index contributed by atoms with van der Waals surface area (Å²) in [4.78, 5) is 88.8. The Hall–Kier alpha value is -3.91. The van der Waals surface area contributed by atoms with Crippen LogP contribution < -0.4 is 20.4 Å². The molecule has 1 atom stereocenters. The number of Topliss-reactive ketones (excluding diaryl/α,β-unsaturated/α-hetero) is 2. The number of nitrogens with one attached hydrogen (secondary N) is 2. The number of ketones is 2. The van der Waals surface area contributed by atoms with E-state index in [0.29, 0.717) is 33.2 Å². The minimum absolute atomic E-state index is 0.182. The summed E-state index contributed by atoms with van der Waals surface area (Å²) in [6.45, 7) is -0.557. The highest BCUT2D eigenvalue weighted by Gasteiger charge is 2.38. The number of ether oxygens (including phenoxy) is 1. The van der Waals surface area contributed by atoms with Crippen LogP contribution in [0.15, 0.2) is 45.3 Å². The van der Waals surface area contributed by atoms with Gasteiger partial charge in [-0.3, -0.25) is 38.6 Å². The number of amides is 4. The Bertz CT molecular complexity index is 1480. The molecule has 12 nitrogen and oxygen atoms in total. The Labute approximate surface area is 251 Å². The molecule has 2 aromatic carbocycles. The fourth-order valence-corrected chi connectivity index (χ4v) is 5.26. The van der Waals surface area contributed by atoms with Gasteiger partial charge in [-0.1, -0.05) is 31.9 Å². The summed E-state index contributed by atoms with van der Waals surface area (Å²) in [6.07, 6.45) is 1.04. The van der Waals surface area contributed by atoms with E-state index in [1.165, 1.54) is 19.2 Å². The number of hydrogen-bond donors (Lipinski definition) is 2. The first-order chi connectivity index (χ1) is 19.5. The molecule has 41 heavy (non-hydrogen) atoms. The third-order valence-corrected chi connectivity index (χ3v) is 7.52. The third-order valence-electron chi connectivity index (χ3n) is 6.53. The molecule has 0 saturated carbocycles. The summed E-state index contributed by atoms with van der Waals surface area (Å²) >= 11 is 6.51. The number of carbonyl (C=O) groups excluding carboxylic acids is 7. The second-order valence-electron chi connectivity index (χ2n) is 9.25. The van der Waals surface area contributed by atoms with Crippen LogP contribution in [0.4, 0.5) is 11.4 Å². The van der Waals surface area contributed by atoms with E-state index in [-0.39, 0.29) is 30.6 Å². The van der Waals surface area contributed by atoms with Crippen LogP contribution in [0.3, 0.4) is 0 Å². The molecule has 4 rings (SSSR count). The van der Waals surface area contributed by atoms with E-state index in [1.807, 2.05) is 0 Å². The standard InChI is InChI=1S/C27H24Br2N4O8/c1-41-27(40)18(31-22(35)13-33-20-8-6-15(29)11-17(20)24(37)26(33)39)4-2-3-9-30-21(34)12-32-19-7-5-14(28)10-16(19)23(36)25(32)38/h5-8,10-11,18H,2-4,9,12-13H2,1H3,(H,30,34)(H,31,35)/t18-/m0/s1. The molecule has 0 aliphatic carbocycles. The third kappa shape index (κ3) is 6.54. The Morgan fingerprint density at radius 2 is 1.32 bits per heavy atom. The van der Waals surface area contributed by atoms with Gasteiger partial charge in [-0.2, -0.15) is 0 Å². The number of unbranched alkanes of at least 4 members (excludes halogenated alkanes) is 1. The lowest BCUT2D eigenvalue weighted by Crippen LogP contribution is -2.47. The molecule has 2 aromatic rings. The smallest absolute Gasteiger partial charge is 0.328 e. The second-order valence-corrected chi connectivity index (χ2v) is 11.1. The molecule has 0 aromatic heterocycles. The predicted molar refractivity (Wildman–Crippen MR) is 152 cm³/mol. The van der Waals surface area contributed by atoms with Gasteiger partial charge in [0.05, 0.1) is 29.6 Å². The normalized spacial score (nSPS) is 14.6. The van der Waals surface area contributed by atoms with E-state index < -0.39 is 53.8 Å². The molecule has 0 fully saturated rings. The number of rotatable bonds is 11. The minimum Gasteiger partial charge on any atom is -0.467 e. The SMILES string of the molecule is COC(=O)[C@H](CCCCNC(=O)CN1C(=O)C(=O)c2cc(Br)ccc21)NC(=O)CN1C(=O)C(=O)c2cc(Br)ccc21. The van der Waals surface area contributed by atoms with E-state index in [4.69, 9.17) is 4.74 Å². The average molecular weight is 692 g/mol. The highest BCUT2D eigenvalue weighted by atomic mass is 79.9. The lowest BCUT2D eigenvalue weighted by Gasteiger charge is -2.20. The molecule has 2 N–H and O–H groups in total. The number of fused-ring (bicyclic) bond motifs is 2. The second kappa shape index (κ2) is 12.7. The van der Waals surface area contributed by atoms with Crippen LogP contribution in [0, 0.1) is 0 Å². The van der Waals surface area contributed by atoms with E-state index in [1.54, 1.807) is 24.3 Å².